The van der Waals surface area contributed by atoms with E-state index in [4.69, 9.17) is 21.1 Å². The van der Waals surface area contributed by atoms with Crippen molar-refractivity contribution in [3.05, 3.63) is 56.5 Å². The minimum Gasteiger partial charge on any atom is -0.493 e. The molecule has 0 saturated heterocycles. The Morgan fingerprint density at radius 1 is 1.14 bits per heavy atom. The Kier molecular flexibility index (Phi) is 5.79. The number of rotatable bonds is 4. The maximum atomic E-state index is 13.0. The highest BCUT2D eigenvalue weighted by Gasteiger charge is 2.32. The second-order valence-corrected chi connectivity index (χ2v) is 6.96. The number of amides is 1. The molecule has 1 amide bonds. The van der Waals surface area contributed by atoms with Crippen LogP contribution < -0.4 is 15.0 Å². The third-order valence-electron chi connectivity index (χ3n) is 4.75. The van der Waals surface area contributed by atoms with Gasteiger partial charge in [-0.2, -0.15) is 13.2 Å². The number of alkyl halides is 3. The van der Waals surface area contributed by atoms with Crippen LogP contribution in [0.1, 0.15) is 16.7 Å². The van der Waals surface area contributed by atoms with E-state index in [9.17, 15) is 22.8 Å². The summed E-state index contributed by atoms with van der Waals surface area (Å²) in [4.78, 5) is 26.2. The maximum absolute atomic E-state index is 13.0. The average molecular weight is 431 g/mol. The van der Waals surface area contributed by atoms with Crippen molar-refractivity contribution in [3.63, 3.8) is 0 Å². The van der Waals surface area contributed by atoms with Crippen LogP contribution in [0.15, 0.2) is 29.2 Å². The first kappa shape index (κ1) is 21.0. The number of pyridine rings is 1. The van der Waals surface area contributed by atoms with Crippen LogP contribution in [0.2, 0.25) is 5.02 Å². The van der Waals surface area contributed by atoms with Crippen molar-refractivity contribution in [2.24, 2.45) is 0 Å². The number of ether oxygens (including phenoxy) is 2. The highest BCUT2D eigenvalue weighted by molar-refractivity contribution is 6.30. The van der Waals surface area contributed by atoms with Crippen molar-refractivity contribution in [3.8, 4) is 11.5 Å². The number of nitrogens with zero attached hydrogens (tertiary/aromatic N) is 2. The van der Waals surface area contributed by atoms with Crippen LogP contribution in [0.4, 0.5) is 13.2 Å². The van der Waals surface area contributed by atoms with Crippen molar-refractivity contribution < 1.29 is 27.4 Å². The quantitative estimate of drug-likeness (QED) is 0.747. The number of hydrogen-bond donors (Lipinski definition) is 0. The predicted molar refractivity (Wildman–Crippen MR) is 99.4 cm³/mol. The van der Waals surface area contributed by atoms with E-state index in [2.05, 4.69) is 0 Å². The number of aromatic nitrogens is 1. The Morgan fingerprint density at radius 3 is 2.34 bits per heavy atom. The number of carbonyl (C=O) groups excluding carboxylic acids is 1. The molecule has 1 aromatic carbocycles. The normalized spacial score (nSPS) is 13.8. The fraction of sp³-hybridized carbons (Fsp3) is 0.368. The lowest BCUT2D eigenvalue weighted by atomic mass is 9.98. The van der Waals surface area contributed by atoms with E-state index in [1.807, 2.05) is 6.07 Å². The third kappa shape index (κ3) is 4.34. The lowest BCUT2D eigenvalue weighted by Crippen LogP contribution is -2.40. The molecule has 1 aliphatic heterocycles. The summed E-state index contributed by atoms with van der Waals surface area (Å²) in [6.07, 6.45) is -3.53. The zero-order valence-corrected chi connectivity index (χ0v) is 16.4. The minimum atomic E-state index is -4.68. The SMILES string of the molecule is COc1cc2c(cc1OC)CN(C(=O)Cn1cc(C(F)(F)F)cc(Cl)c1=O)CC2. The molecule has 0 aliphatic carbocycles. The molecule has 0 fully saturated rings. The van der Waals surface area contributed by atoms with E-state index in [1.54, 1.807) is 6.07 Å². The van der Waals surface area contributed by atoms with Gasteiger partial charge in [-0.05, 0) is 35.7 Å². The molecule has 2 heterocycles. The maximum Gasteiger partial charge on any atom is 0.417 e. The van der Waals surface area contributed by atoms with Crippen molar-refractivity contribution in [2.75, 3.05) is 20.8 Å². The van der Waals surface area contributed by atoms with Gasteiger partial charge in [-0.1, -0.05) is 11.6 Å². The van der Waals surface area contributed by atoms with Crippen molar-refractivity contribution in [1.82, 2.24) is 9.47 Å². The van der Waals surface area contributed by atoms with E-state index in [-0.39, 0.29) is 6.54 Å². The van der Waals surface area contributed by atoms with Crippen LogP contribution in [-0.2, 0) is 30.5 Å². The van der Waals surface area contributed by atoms with Gasteiger partial charge < -0.3 is 18.9 Å². The van der Waals surface area contributed by atoms with Gasteiger partial charge in [0.1, 0.15) is 11.6 Å². The van der Waals surface area contributed by atoms with Gasteiger partial charge >= 0.3 is 6.18 Å². The molecule has 3 rings (SSSR count). The molecule has 0 unspecified atom stereocenters. The van der Waals surface area contributed by atoms with Gasteiger partial charge in [-0.15, -0.1) is 0 Å². The number of methoxy groups -OCH3 is 2. The average Bonchev–Trinajstić information content (AvgIpc) is 2.68. The molecule has 0 spiro atoms. The number of benzene rings is 1. The molecule has 156 valence electrons. The molecule has 0 radical (unpaired) electrons. The minimum absolute atomic E-state index is 0.246. The summed E-state index contributed by atoms with van der Waals surface area (Å²) in [5.74, 6) is 0.612. The second-order valence-electron chi connectivity index (χ2n) is 6.55. The monoisotopic (exact) mass is 430 g/mol. The van der Waals surface area contributed by atoms with Gasteiger partial charge in [-0.25, -0.2) is 0 Å². The summed E-state index contributed by atoms with van der Waals surface area (Å²) in [7, 11) is 3.03. The van der Waals surface area contributed by atoms with Gasteiger partial charge in [0.15, 0.2) is 11.5 Å². The van der Waals surface area contributed by atoms with Gasteiger partial charge in [0.25, 0.3) is 5.56 Å². The summed E-state index contributed by atoms with van der Waals surface area (Å²) in [6, 6.07) is 4.16. The first-order valence-electron chi connectivity index (χ1n) is 8.62. The topological polar surface area (TPSA) is 60.8 Å². The zero-order chi connectivity index (χ0) is 21.3. The Bertz CT molecular complexity index is 1000. The van der Waals surface area contributed by atoms with E-state index < -0.39 is 34.8 Å². The smallest absolute Gasteiger partial charge is 0.417 e. The molecule has 29 heavy (non-hydrogen) atoms. The van der Waals surface area contributed by atoms with Gasteiger partial charge in [0.05, 0.1) is 19.8 Å². The standard InChI is InChI=1S/C19H18ClF3N2O4/c1-28-15-5-11-3-4-24(8-12(11)6-16(15)29-2)17(26)10-25-9-13(19(21,22)23)7-14(20)18(25)27/h5-7,9H,3-4,8,10H2,1-2H3. The molecule has 1 aliphatic rings. The van der Waals surface area contributed by atoms with E-state index >= 15 is 0 Å². The van der Waals surface area contributed by atoms with E-state index in [0.717, 1.165) is 11.1 Å². The van der Waals surface area contributed by atoms with Crippen LogP contribution >= 0.6 is 11.6 Å². The van der Waals surface area contributed by atoms with Crippen molar-refractivity contribution in [2.45, 2.75) is 25.7 Å². The Hall–Kier alpha value is -2.68. The lowest BCUT2D eigenvalue weighted by molar-refractivity contribution is -0.139. The molecule has 1 aromatic heterocycles. The van der Waals surface area contributed by atoms with Crippen LogP contribution in [0, 0.1) is 0 Å². The first-order chi connectivity index (χ1) is 13.6. The molecule has 10 heteroatoms. The summed E-state index contributed by atoms with van der Waals surface area (Å²) in [5.41, 5.74) is -0.102. The highest BCUT2D eigenvalue weighted by atomic mass is 35.5. The van der Waals surface area contributed by atoms with Crippen molar-refractivity contribution >= 4 is 17.5 Å². The molecule has 2 aromatic rings. The molecular formula is C19H18ClF3N2O4. The second kappa shape index (κ2) is 7.98. The van der Waals surface area contributed by atoms with Crippen molar-refractivity contribution in [1.29, 1.82) is 0 Å². The number of halogens is 4. The molecule has 6 nitrogen and oxygen atoms in total. The van der Waals surface area contributed by atoms with E-state index in [1.165, 1.54) is 19.1 Å². The third-order valence-corrected chi connectivity index (χ3v) is 5.02. The summed E-state index contributed by atoms with van der Waals surface area (Å²) >= 11 is 5.64. The molecule has 0 atom stereocenters. The summed E-state index contributed by atoms with van der Waals surface area (Å²) in [6.45, 7) is 0.0732. The highest BCUT2D eigenvalue weighted by Crippen LogP contribution is 2.33. The zero-order valence-electron chi connectivity index (χ0n) is 15.7. The number of hydrogen-bond acceptors (Lipinski definition) is 4. The van der Waals surface area contributed by atoms with Gasteiger partial charge in [0.2, 0.25) is 5.91 Å². The number of fused-ring (bicyclic) bond motifs is 1. The van der Waals surface area contributed by atoms with Crippen LogP contribution in [0.5, 0.6) is 11.5 Å². The van der Waals surface area contributed by atoms with Crippen LogP contribution in [-0.4, -0.2) is 36.1 Å². The van der Waals surface area contributed by atoms with Gasteiger partial charge in [-0.3, -0.25) is 9.59 Å². The Morgan fingerprint density at radius 2 is 1.76 bits per heavy atom. The molecular weight excluding hydrogens is 413 g/mol. The molecule has 0 bridgehead atoms. The van der Waals surface area contributed by atoms with Crippen LogP contribution in [0.25, 0.3) is 0 Å². The summed E-state index contributed by atoms with van der Waals surface area (Å²) < 4.78 is 50.2. The first-order valence-corrected chi connectivity index (χ1v) is 9.00. The molecule has 0 N–H and O–H groups in total. The van der Waals surface area contributed by atoms with Gasteiger partial charge in [0, 0.05) is 19.3 Å². The van der Waals surface area contributed by atoms with Crippen LogP contribution in [0.3, 0.4) is 0 Å². The number of carbonyl (C=O) groups is 1. The summed E-state index contributed by atoms with van der Waals surface area (Å²) in [5, 5.41) is -0.589. The molecule has 0 saturated carbocycles. The largest absolute Gasteiger partial charge is 0.493 e. The fourth-order valence-corrected chi connectivity index (χ4v) is 3.44. The lowest BCUT2D eigenvalue weighted by Gasteiger charge is -2.30. The van der Waals surface area contributed by atoms with E-state index in [0.29, 0.717) is 41.3 Å². The predicted octanol–water partition coefficient (Wildman–Crippen LogP) is 3.12. The Labute approximate surface area is 169 Å². The Balaban J connectivity index is 1.83. The fourth-order valence-electron chi connectivity index (χ4n) is 3.21.